The van der Waals surface area contributed by atoms with Gasteiger partial charge in [-0.2, -0.15) is 0 Å². The van der Waals surface area contributed by atoms with Crippen molar-refractivity contribution in [3.63, 3.8) is 0 Å². The Bertz CT molecular complexity index is 3310. The number of fused-ring (bicyclic) bond motifs is 11. The Morgan fingerprint density at radius 2 is 0.964 bits per heavy atom. The highest BCUT2D eigenvalue weighted by molar-refractivity contribution is 6.19. The first-order valence-corrected chi connectivity index (χ1v) is 19.4. The van der Waals surface area contributed by atoms with Gasteiger partial charge in [0.05, 0.1) is 5.41 Å². The molecule has 11 aromatic rings. The molecule has 0 fully saturated rings. The molecule has 0 saturated heterocycles. The summed E-state index contributed by atoms with van der Waals surface area (Å²) in [6.07, 6.45) is 0. The van der Waals surface area contributed by atoms with Crippen molar-refractivity contribution >= 4 is 54.3 Å². The summed E-state index contributed by atoms with van der Waals surface area (Å²) in [6.45, 7) is 0. The van der Waals surface area contributed by atoms with Crippen molar-refractivity contribution in [2.75, 3.05) is 0 Å². The number of benzene rings is 10. The van der Waals surface area contributed by atoms with Gasteiger partial charge in [-0.15, -0.1) is 0 Å². The van der Waals surface area contributed by atoms with Crippen LogP contribution in [0.5, 0.6) is 0 Å². The molecule has 0 atom stereocenters. The Balaban J connectivity index is 1.24. The summed E-state index contributed by atoms with van der Waals surface area (Å²) in [5.74, 6) is 0. The van der Waals surface area contributed by atoms with Crippen LogP contribution in [-0.4, -0.2) is 0 Å². The average molecular weight is 711 g/mol. The van der Waals surface area contributed by atoms with Gasteiger partial charge in [-0.3, -0.25) is 0 Å². The summed E-state index contributed by atoms with van der Waals surface area (Å²) in [5.41, 5.74) is 13.8. The molecule has 260 valence electrons. The van der Waals surface area contributed by atoms with Crippen molar-refractivity contribution < 1.29 is 4.42 Å². The lowest BCUT2D eigenvalue weighted by Crippen LogP contribution is -2.29. The van der Waals surface area contributed by atoms with E-state index in [1.165, 1.54) is 82.6 Å². The molecule has 12 rings (SSSR count). The maximum Gasteiger partial charge on any atom is 0.143 e. The summed E-state index contributed by atoms with van der Waals surface area (Å²) in [5, 5.41) is 9.60. The summed E-state index contributed by atoms with van der Waals surface area (Å²) >= 11 is 0. The van der Waals surface area contributed by atoms with Crippen molar-refractivity contribution in [1.82, 2.24) is 0 Å². The first kappa shape index (κ1) is 31.2. The molecular formula is C55H34O. The highest BCUT2D eigenvalue weighted by Gasteiger charge is 2.48. The van der Waals surface area contributed by atoms with Crippen LogP contribution in [0.4, 0.5) is 0 Å². The van der Waals surface area contributed by atoms with Gasteiger partial charge in [-0.05, 0) is 107 Å². The van der Waals surface area contributed by atoms with Gasteiger partial charge in [0.25, 0.3) is 0 Å². The van der Waals surface area contributed by atoms with E-state index < -0.39 is 5.41 Å². The van der Waals surface area contributed by atoms with E-state index >= 15 is 0 Å². The Morgan fingerprint density at radius 1 is 0.357 bits per heavy atom. The summed E-state index contributed by atoms with van der Waals surface area (Å²) in [4.78, 5) is 0. The molecule has 1 nitrogen and oxygen atoms in total. The van der Waals surface area contributed by atoms with E-state index in [1.807, 2.05) is 0 Å². The molecule has 0 N–H and O–H groups in total. The monoisotopic (exact) mass is 710 g/mol. The molecule has 56 heavy (non-hydrogen) atoms. The molecule has 1 aliphatic rings. The molecule has 1 aliphatic carbocycles. The third-order valence-corrected chi connectivity index (χ3v) is 12.3. The van der Waals surface area contributed by atoms with Crippen LogP contribution >= 0.6 is 0 Å². The number of rotatable bonds is 4. The van der Waals surface area contributed by atoms with Crippen molar-refractivity contribution in [1.29, 1.82) is 0 Å². The highest BCUT2D eigenvalue weighted by Crippen LogP contribution is 2.61. The molecule has 0 bridgehead atoms. The van der Waals surface area contributed by atoms with E-state index in [9.17, 15) is 0 Å². The molecule has 0 aliphatic heterocycles. The lowest BCUT2D eigenvalue weighted by Gasteiger charge is -2.36. The zero-order chi connectivity index (χ0) is 36.8. The third kappa shape index (κ3) is 4.26. The summed E-state index contributed by atoms with van der Waals surface area (Å²) < 4.78 is 6.70. The summed E-state index contributed by atoms with van der Waals surface area (Å²) in [7, 11) is 0. The van der Waals surface area contributed by atoms with Crippen LogP contribution in [0.2, 0.25) is 0 Å². The van der Waals surface area contributed by atoms with E-state index in [-0.39, 0.29) is 0 Å². The van der Waals surface area contributed by atoms with Crippen LogP contribution in [0, 0.1) is 0 Å². The van der Waals surface area contributed by atoms with Crippen LogP contribution in [0.1, 0.15) is 22.3 Å². The van der Waals surface area contributed by atoms with Gasteiger partial charge >= 0.3 is 0 Å². The zero-order valence-corrected chi connectivity index (χ0v) is 30.5. The second-order valence-electron chi connectivity index (χ2n) is 15.1. The molecule has 0 amide bonds. The van der Waals surface area contributed by atoms with Crippen LogP contribution in [0.3, 0.4) is 0 Å². The first-order chi connectivity index (χ1) is 27.8. The Morgan fingerprint density at radius 3 is 1.73 bits per heavy atom. The molecule has 1 heterocycles. The number of hydrogen-bond donors (Lipinski definition) is 0. The molecule has 10 aromatic carbocycles. The average Bonchev–Trinajstić information content (AvgIpc) is 3.81. The molecule has 0 radical (unpaired) electrons. The van der Waals surface area contributed by atoms with Crippen LogP contribution in [0.15, 0.2) is 211 Å². The fourth-order valence-corrected chi connectivity index (χ4v) is 10.0. The first-order valence-electron chi connectivity index (χ1n) is 19.4. The van der Waals surface area contributed by atoms with Gasteiger partial charge in [0.1, 0.15) is 11.2 Å². The van der Waals surface area contributed by atoms with Gasteiger partial charge in [0.15, 0.2) is 0 Å². The van der Waals surface area contributed by atoms with Crippen molar-refractivity contribution in [2.45, 2.75) is 5.41 Å². The lowest BCUT2D eigenvalue weighted by molar-refractivity contribution is 0.673. The van der Waals surface area contributed by atoms with Crippen LogP contribution in [0.25, 0.3) is 87.6 Å². The largest absolute Gasteiger partial charge is 0.455 e. The standard InChI is InChI=1S/C55H34O/c1-3-19-39(20-4-1)55(40-21-5-2-6-22-40)49-34-38(42-26-14-28-50-51(42)47-32-29-36-16-8-12-25-44(36)54(47)56-50)30-31-46(49)52-43-24-11-9-17-37(43)33-48(53(52)55)45-27-13-18-35-15-7-10-23-41(35)45/h1-34H. The Kier molecular flexibility index (Phi) is 6.62. The molecule has 1 heteroatoms. The topological polar surface area (TPSA) is 13.1 Å². The lowest BCUT2D eigenvalue weighted by atomic mass is 9.65. The molecule has 0 spiro atoms. The van der Waals surface area contributed by atoms with Gasteiger partial charge in [-0.1, -0.05) is 182 Å². The fraction of sp³-hybridized carbons (Fsp3) is 0.0182. The summed E-state index contributed by atoms with van der Waals surface area (Å²) in [6, 6.07) is 76.0. The molecule has 0 saturated carbocycles. The van der Waals surface area contributed by atoms with Gasteiger partial charge in [0, 0.05) is 16.2 Å². The van der Waals surface area contributed by atoms with Crippen LogP contribution in [-0.2, 0) is 5.41 Å². The minimum Gasteiger partial charge on any atom is -0.455 e. The molecule has 1 aromatic heterocycles. The maximum absolute atomic E-state index is 6.70. The predicted octanol–water partition coefficient (Wildman–Crippen LogP) is 14.7. The number of furan rings is 1. The van der Waals surface area contributed by atoms with E-state index in [4.69, 9.17) is 4.42 Å². The maximum atomic E-state index is 6.70. The quantitative estimate of drug-likeness (QED) is 0.177. The fourth-order valence-electron chi connectivity index (χ4n) is 10.0. The smallest absolute Gasteiger partial charge is 0.143 e. The highest BCUT2D eigenvalue weighted by atomic mass is 16.3. The van der Waals surface area contributed by atoms with Crippen molar-refractivity contribution in [3.8, 4) is 33.4 Å². The van der Waals surface area contributed by atoms with E-state index in [2.05, 4.69) is 206 Å². The van der Waals surface area contributed by atoms with Crippen molar-refractivity contribution in [3.05, 3.63) is 229 Å². The van der Waals surface area contributed by atoms with E-state index in [1.54, 1.807) is 0 Å². The van der Waals surface area contributed by atoms with Crippen LogP contribution < -0.4 is 0 Å². The molecule has 0 unspecified atom stereocenters. The van der Waals surface area contributed by atoms with Gasteiger partial charge in [0.2, 0.25) is 0 Å². The Labute approximate surface area is 324 Å². The third-order valence-electron chi connectivity index (χ3n) is 12.3. The van der Waals surface area contributed by atoms with Gasteiger partial charge in [-0.25, -0.2) is 0 Å². The van der Waals surface area contributed by atoms with Gasteiger partial charge < -0.3 is 4.42 Å². The Hall–Kier alpha value is -7.22. The normalized spacial score (nSPS) is 13.1. The SMILES string of the molecule is c1ccc(C2(c3ccccc3)c3cc(-c4cccc5oc6c7ccccc7ccc6c45)ccc3-c3c2c(-c2cccc4ccccc24)cc2ccccc32)cc1. The predicted molar refractivity (Wildman–Crippen MR) is 234 cm³/mol. The minimum absolute atomic E-state index is 0.623. The molecular weight excluding hydrogens is 677 g/mol. The van der Waals surface area contributed by atoms with E-state index in [0.717, 1.165) is 27.3 Å². The minimum atomic E-state index is -0.623. The number of hydrogen-bond acceptors (Lipinski definition) is 1. The van der Waals surface area contributed by atoms with Crippen molar-refractivity contribution in [2.24, 2.45) is 0 Å². The zero-order valence-electron chi connectivity index (χ0n) is 30.5. The second-order valence-corrected chi connectivity index (χ2v) is 15.1. The second kappa shape index (κ2) is 11.9. The van der Waals surface area contributed by atoms with E-state index in [0.29, 0.717) is 0 Å².